The van der Waals surface area contributed by atoms with Crippen LogP contribution in [0.5, 0.6) is 0 Å². The molecule has 1 fully saturated rings. The number of hydrogen-bond acceptors (Lipinski definition) is 2. The number of rotatable bonds is 4. The number of aryl methyl sites for hydroxylation is 2. The van der Waals surface area contributed by atoms with Crippen LogP contribution in [0.1, 0.15) is 30.4 Å². The number of hydrogen-bond donors (Lipinski definition) is 0. The van der Waals surface area contributed by atoms with Gasteiger partial charge >= 0.3 is 0 Å². The maximum absolute atomic E-state index is 8.78. The van der Waals surface area contributed by atoms with Gasteiger partial charge in [0.1, 0.15) is 0 Å². The molecule has 1 aliphatic rings. The second-order valence-electron chi connectivity index (χ2n) is 4.89. The summed E-state index contributed by atoms with van der Waals surface area (Å²) < 4.78 is 0. The van der Waals surface area contributed by atoms with E-state index in [-0.39, 0.29) is 0 Å². The molecular weight excluding hydrogens is 214 g/mol. The Morgan fingerprint density at radius 3 is 2.75 bits per heavy atom. The predicted molar refractivity (Wildman–Crippen MR) is 68.5 cm³/mol. The van der Waals surface area contributed by atoms with Crippen molar-refractivity contribution >= 4 is 11.8 Å². The van der Waals surface area contributed by atoms with Crippen LogP contribution in [0.25, 0.3) is 0 Å². The fourth-order valence-electron chi connectivity index (χ4n) is 1.81. The van der Waals surface area contributed by atoms with E-state index in [1.54, 1.807) is 0 Å². The monoisotopic (exact) mass is 231 g/mol. The van der Waals surface area contributed by atoms with Crippen molar-refractivity contribution in [3.8, 4) is 6.07 Å². The van der Waals surface area contributed by atoms with Crippen LogP contribution in [0, 0.1) is 30.6 Å². The third-order valence-corrected chi connectivity index (χ3v) is 4.80. The highest BCUT2D eigenvalue weighted by Crippen LogP contribution is 2.51. The lowest BCUT2D eigenvalue weighted by molar-refractivity contribution is 0.604. The van der Waals surface area contributed by atoms with Gasteiger partial charge in [-0.2, -0.15) is 5.26 Å². The lowest BCUT2D eigenvalue weighted by atomic mass is 10.1. The molecule has 2 rings (SSSR count). The van der Waals surface area contributed by atoms with Crippen LogP contribution in [0.3, 0.4) is 0 Å². The summed E-state index contributed by atoms with van der Waals surface area (Å²) in [5, 5.41) is 8.78. The second kappa shape index (κ2) is 4.51. The third kappa shape index (κ3) is 2.59. The minimum atomic E-state index is 0.343. The maximum atomic E-state index is 8.78. The molecule has 84 valence electrons. The van der Waals surface area contributed by atoms with Gasteiger partial charge in [-0.05, 0) is 43.7 Å². The molecule has 0 aromatic heterocycles. The number of benzene rings is 1. The number of nitrogens with zero attached hydrogens (tertiary/aromatic N) is 1. The summed E-state index contributed by atoms with van der Waals surface area (Å²) in [7, 11) is 0. The maximum Gasteiger partial charge on any atom is 0.0627 e. The molecule has 0 amide bonds. The minimum Gasteiger partial charge on any atom is -0.198 e. The first-order valence-electron chi connectivity index (χ1n) is 5.72. The molecule has 0 bridgehead atoms. The van der Waals surface area contributed by atoms with Crippen molar-refractivity contribution in [1.29, 1.82) is 5.26 Å². The van der Waals surface area contributed by atoms with Gasteiger partial charge in [-0.15, -0.1) is 11.8 Å². The zero-order valence-corrected chi connectivity index (χ0v) is 10.7. The molecule has 16 heavy (non-hydrogen) atoms. The Bertz CT molecular complexity index is 427. The molecule has 0 atom stereocenters. The van der Waals surface area contributed by atoms with Gasteiger partial charge in [0.05, 0.1) is 6.07 Å². The molecule has 0 spiro atoms. The topological polar surface area (TPSA) is 23.8 Å². The van der Waals surface area contributed by atoms with Gasteiger partial charge in [0, 0.05) is 17.1 Å². The largest absolute Gasteiger partial charge is 0.198 e. The van der Waals surface area contributed by atoms with E-state index >= 15 is 0 Å². The fraction of sp³-hybridized carbons (Fsp3) is 0.500. The van der Waals surface area contributed by atoms with E-state index in [1.165, 1.54) is 28.9 Å². The van der Waals surface area contributed by atoms with Crippen molar-refractivity contribution in [3.63, 3.8) is 0 Å². The van der Waals surface area contributed by atoms with Crippen LogP contribution >= 0.6 is 11.8 Å². The quantitative estimate of drug-likeness (QED) is 0.729. The summed E-state index contributed by atoms with van der Waals surface area (Å²) in [6.07, 6.45) is 3.20. The lowest BCUT2D eigenvalue weighted by Crippen LogP contribution is -2.02. The molecular formula is C14H17NS. The van der Waals surface area contributed by atoms with Crippen LogP contribution in [0.4, 0.5) is 0 Å². The normalized spacial score (nSPS) is 16.8. The van der Waals surface area contributed by atoms with Gasteiger partial charge in [0.15, 0.2) is 0 Å². The molecule has 1 aliphatic carbocycles. The number of thioether (sulfide) groups is 1. The Morgan fingerprint density at radius 2 is 2.12 bits per heavy atom. The molecule has 0 saturated heterocycles. The van der Waals surface area contributed by atoms with E-state index < -0.39 is 0 Å². The highest BCUT2D eigenvalue weighted by molar-refractivity contribution is 7.99. The van der Waals surface area contributed by atoms with Gasteiger partial charge in [0.2, 0.25) is 0 Å². The average molecular weight is 231 g/mol. The lowest BCUT2D eigenvalue weighted by Gasteiger charge is -2.12. The average Bonchev–Trinajstić information content (AvgIpc) is 3.01. The highest BCUT2D eigenvalue weighted by atomic mass is 32.2. The van der Waals surface area contributed by atoms with Crippen LogP contribution in [-0.2, 0) is 0 Å². The minimum absolute atomic E-state index is 0.343. The van der Waals surface area contributed by atoms with Crippen molar-refractivity contribution in [1.82, 2.24) is 0 Å². The van der Waals surface area contributed by atoms with Crippen molar-refractivity contribution in [2.45, 2.75) is 38.0 Å². The van der Waals surface area contributed by atoms with Gasteiger partial charge in [-0.25, -0.2) is 0 Å². The molecule has 0 radical (unpaired) electrons. The molecule has 2 heteroatoms. The van der Waals surface area contributed by atoms with Gasteiger partial charge < -0.3 is 0 Å². The summed E-state index contributed by atoms with van der Waals surface area (Å²) in [6, 6.07) is 8.91. The molecule has 0 aliphatic heterocycles. The summed E-state index contributed by atoms with van der Waals surface area (Å²) in [4.78, 5) is 1.38. The van der Waals surface area contributed by atoms with Crippen molar-refractivity contribution < 1.29 is 0 Å². The third-order valence-electron chi connectivity index (χ3n) is 3.29. The number of nitriles is 1. The van der Waals surface area contributed by atoms with Crippen LogP contribution < -0.4 is 0 Å². The van der Waals surface area contributed by atoms with Crippen LogP contribution in [0.2, 0.25) is 0 Å². The molecule has 1 aromatic carbocycles. The fourth-order valence-corrected chi connectivity index (χ4v) is 3.23. The SMILES string of the molecule is Cc1ccc(C)c(SCC2(CC#N)CC2)c1. The Kier molecular flexibility index (Phi) is 3.25. The zero-order chi connectivity index (χ0) is 11.6. The molecule has 0 unspecified atom stereocenters. The van der Waals surface area contributed by atoms with Crippen molar-refractivity contribution in [2.24, 2.45) is 5.41 Å². The summed E-state index contributed by atoms with van der Waals surface area (Å²) in [5.41, 5.74) is 3.01. The van der Waals surface area contributed by atoms with Crippen molar-refractivity contribution in [3.05, 3.63) is 29.3 Å². The summed E-state index contributed by atoms with van der Waals surface area (Å²) >= 11 is 1.92. The summed E-state index contributed by atoms with van der Waals surface area (Å²) in [6.45, 7) is 4.29. The molecule has 1 nitrogen and oxygen atoms in total. The predicted octanol–water partition coefficient (Wildman–Crippen LogP) is 4.09. The van der Waals surface area contributed by atoms with Crippen LogP contribution in [-0.4, -0.2) is 5.75 Å². The van der Waals surface area contributed by atoms with Gasteiger partial charge in [-0.3, -0.25) is 0 Å². The van der Waals surface area contributed by atoms with E-state index in [2.05, 4.69) is 38.1 Å². The van der Waals surface area contributed by atoms with E-state index in [4.69, 9.17) is 5.26 Å². The first-order chi connectivity index (χ1) is 7.65. The highest BCUT2D eigenvalue weighted by Gasteiger charge is 2.42. The Balaban J connectivity index is 2.00. The zero-order valence-electron chi connectivity index (χ0n) is 9.92. The molecule has 1 aromatic rings. The Morgan fingerprint density at radius 1 is 1.38 bits per heavy atom. The van der Waals surface area contributed by atoms with E-state index in [1.807, 2.05) is 11.8 Å². The Labute approximate surface area is 102 Å². The first-order valence-corrected chi connectivity index (χ1v) is 6.71. The molecule has 0 heterocycles. The first kappa shape index (κ1) is 11.5. The Hall–Kier alpha value is -0.940. The van der Waals surface area contributed by atoms with Crippen molar-refractivity contribution in [2.75, 3.05) is 5.75 Å². The van der Waals surface area contributed by atoms with E-state index in [0.717, 1.165) is 12.2 Å². The van der Waals surface area contributed by atoms with E-state index in [0.29, 0.717) is 5.41 Å². The standard InChI is InChI=1S/C14H17NS/c1-11-3-4-12(2)13(9-11)16-10-14(5-6-14)7-8-15/h3-4,9H,5-7,10H2,1-2H3. The molecule has 0 N–H and O–H groups in total. The summed E-state index contributed by atoms with van der Waals surface area (Å²) in [5.74, 6) is 1.10. The molecule has 1 saturated carbocycles. The van der Waals surface area contributed by atoms with Crippen LogP contribution in [0.15, 0.2) is 23.1 Å². The van der Waals surface area contributed by atoms with Gasteiger partial charge in [-0.1, -0.05) is 17.7 Å². The second-order valence-corrected chi connectivity index (χ2v) is 5.91. The van der Waals surface area contributed by atoms with Gasteiger partial charge in [0.25, 0.3) is 0 Å². The smallest absolute Gasteiger partial charge is 0.0627 e. The van der Waals surface area contributed by atoms with E-state index in [9.17, 15) is 0 Å².